The Morgan fingerprint density at radius 1 is 0.333 bits per heavy atom. The molecule has 4 atom stereocenters. The molecule has 0 aliphatic heterocycles. The molecular formula is C16H46O5Si6. The second kappa shape index (κ2) is 17.9. The van der Waals surface area contributed by atoms with Crippen LogP contribution in [0.2, 0.25) is 48.4 Å². The fraction of sp³-hybridized carbons (Fsp3) is 1.00. The predicted molar refractivity (Wildman–Crippen MR) is 132 cm³/mol. The summed E-state index contributed by atoms with van der Waals surface area (Å²) in [5.41, 5.74) is 0. The van der Waals surface area contributed by atoms with Crippen molar-refractivity contribution in [3.05, 3.63) is 0 Å². The van der Waals surface area contributed by atoms with E-state index in [0.29, 0.717) is 0 Å². The number of hydrogen-bond acceptors (Lipinski definition) is 5. The van der Waals surface area contributed by atoms with Crippen LogP contribution in [0.1, 0.15) is 55.4 Å². The van der Waals surface area contributed by atoms with Crippen LogP contribution >= 0.6 is 0 Å². The van der Waals surface area contributed by atoms with E-state index in [1.165, 1.54) is 24.2 Å². The van der Waals surface area contributed by atoms with Crippen molar-refractivity contribution >= 4 is 55.2 Å². The van der Waals surface area contributed by atoms with Gasteiger partial charge in [-0.1, -0.05) is 55.4 Å². The van der Waals surface area contributed by atoms with Crippen molar-refractivity contribution in [1.29, 1.82) is 0 Å². The van der Waals surface area contributed by atoms with Crippen LogP contribution in [0.15, 0.2) is 0 Å². The largest absolute Gasteiger partial charge is 0.441 e. The predicted octanol–water partition coefficient (Wildman–Crippen LogP) is 3.56. The molecule has 0 bridgehead atoms. The molecule has 0 saturated heterocycles. The Balaban J connectivity index is 4.71. The highest BCUT2D eigenvalue weighted by atomic mass is 28.5. The summed E-state index contributed by atoms with van der Waals surface area (Å²) in [6.45, 7) is 17.8. The fourth-order valence-corrected chi connectivity index (χ4v) is 24.0. The Bertz CT molecular complexity index is 306. The molecule has 0 amide bonds. The molecule has 0 heterocycles. The Labute approximate surface area is 179 Å². The maximum atomic E-state index is 6.48. The average Bonchev–Trinajstić information content (AvgIpc) is 2.71. The summed E-state index contributed by atoms with van der Waals surface area (Å²) in [6.07, 6.45) is 0. The van der Waals surface area contributed by atoms with Crippen LogP contribution in [0.3, 0.4) is 0 Å². The first kappa shape index (κ1) is 28.1. The summed E-state index contributed by atoms with van der Waals surface area (Å²) in [4.78, 5) is 0. The molecule has 164 valence electrons. The summed E-state index contributed by atoms with van der Waals surface area (Å²) in [6, 6.07) is 8.82. The van der Waals surface area contributed by atoms with Gasteiger partial charge in [-0.2, -0.15) is 0 Å². The van der Waals surface area contributed by atoms with Crippen LogP contribution in [0.4, 0.5) is 0 Å². The highest BCUT2D eigenvalue weighted by molar-refractivity contribution is 6.72. The molecule has 0 spiro atoms. The molecule has 4 unspecified atom stereocenters. The van der Waals surface area contributed by atoms with Crippen LogP contribution in [0.5, 0.6) is 0 Å². The van der Waals surface area contributed by atoms with E-state index in [9.17, 15) is 0 Å². The molecule has 0 aliphatic rings. The van der Waals surface area contributed by atoms with E-state index >= 15 is 0 Å². The van der Waals surface area contributed by atoms with Crippen molar-refractivity contribution in [2.45, 2.75) is 104 Å². The van der Waals surface area contributed by atoms with Gasteiger partial charge in [0.2, 0.25) is 0 Å². The standard InChI is InChI=1S/C16H46O5Si6/c1-9-22(10-2)17-24(13-5)19-26(15-7)21-27(16-8)20-25(14-6)18-23(11-3)12-4/h22-27H,9-16H2,1-8H3. The SMILES string of the molecule is CC[SiH](CC)O[SiH](CC)O[SiH](CC)O[SiH](CC)O[SiH](CC)O[SiH](CC)CC. The van der Waals surface area contributed by atoms with Crippen molar-refractivity contribution in [3.63, 3.8) is 0 Å². The third kappa shape index (κ3) is 12.4. The monoisotopic (exact) mass is 486 g/mol. The fourth-order valence-electron chi connectivity index (χ4n) is 2.80. The van der Waals surface area contributed by atoms with Gasteiger partial charge in [-0.15, -0.1) is 0 Å². The van der Waals surface area contributed by atoms with Gasteiger partial charge in [0.1, 0.15) is 0 Å². The van der Waals surface area contributed by atoms with E-state index in [0.717, 1.165) is 24.2 Å². The third-order valence-electron chi connectivity index (χ3n) is 4.75. The maximum absolute atomic E-state index is 6.48. The quantitative estimate of drug-likeness (QED) is 0.277. The zero-order valence-electron chi connectivity index (χ0n) is 19.2. The molecule has 0 N–H and O–H groups in total. The van der Waals surface area contributed by atoms with Gasteiger partial charge in [0.15, 0.2) is 18.1 Å². The molecule has 0 fully saturated rings. The van der Waals surface area contributed by atoms with Crippen LogP contribution in [0, 0.1) is 0 Å². The molecule has 0 aliphatic carbocycles. The first-order valence-corrected chi connectivity index (χ1v) is 22.5. The molecule has 5 nitrogen and oxygen atoms in total. The van der Waals surface area contributed by atoms with E-state index in [1.807, 2.05) is 0 Å². The Kier molecular flexibility index (Phi) is 18.6. The van der Waals surface area contributed by atoms with E-state index in [1.54, 1.807) is 0 Å². The smallest absolute Gasteiger partial charge is 0.303 e. The van der Waals surface area contributed by atoms with Crippen LogP contribution in [0.25, 0.3) is 0 Å². The van der Waals surface area contributed by atoms with Gasteiger partial charge in [-0.25, -0.2) is 0 Å². The Hall–Kier alpha value is 1.10. The second-order valence-corrected chi connectivity index (χ2v) is 24.8. The summed E-state index contributed by atoms with van der Waals surface area (Å²) in [5.74, 6) is 0. The van der Waals surface area contributed by atoms with Crippen molar-refractivity contribution in [3.8, 4) is 0 Å². The summed E-state index contributed by atoms with van der Waals surface area (Å²) < 4.78 is 32.2. The van der Waals surface area contributed by atoms with E-state index < -0.39 is 55.2 Å². The normalized spacial score (nSPS) is 16.7. The molecule has 0 aromatic carbocycles. The summed E-state index contributed by atoms with van der Waals surface area (Å²) >= 11 is 0. The lowest BCUT2D eigenvalue weighted by atomic mass is 11.0. The number of rotatable bonds is 18. The highest BCUT2D eigenvalue weighted by Crippen LogP contribution is 2.14. The van der Waals surface area contributed by atoms with Crippen molar-refractivity contribution < 1.29 is 20.6 Å². The van der Waals surface area contributed by atoms with Crippen LogP contribution < -0.4 is 0 Å². The average molecular weight is 487 g/mol. The third-order valence-corrected chi connectivity index (χ3v) is 23.9. The van der Waals surface area contributed by atoms with Gasteiger partial charge in [-0.3, -0.25) is 0 Å². The Morgan fingerprint density at radius 2 is 0.556 bits per heavy atom. The first-order valence-electron chi connectivity index (χ1n) is 11.3. The molecule has 27 heavy (non-hydrogen) atoms. The van der Waals surface area contributed by atoms with Gasteiger partial charge >= 0.3 is 37.1 Å². The molecule has 0 radical (unpaired) electrons. The van der Waals surface area contributed by atoms with E-state index in [4.69, 9.17) is 20.6 Å². The minimum absolute atomic E-state index is 0.991. The van der Waals surface area contributed by atoms with Gasteiger partial charge < -0.3 is 20.6 Å². The topological polar surface area (TPSA) is 46.2 Å². The van der Waals surface area contributed by atoms with Crippen molar-refractivity contribution in [2.24, 2.45) is 0 Å². The molecular weight excluding hydrogens is 441 g/mol. The van der Waals surface area contributed by atoms with Crippen LogP contribution in [-0.2, 0) is 20.6 Å². The van der Waals surface area contributed by atoms with Crippen molar-refractivity contribution in [2.75, 3.05) is 0 Å². The second-order valence-electron chi connectivity index (χ2n) is 6.91. The summed E-state index contributed by atoms with van der Waals surface area (Å²) in [5, 5.41) is 0. The maximum Gasteiger partial charge on any atom is 0.303 e. The zero-order valence-corrected chi connectivity index (χ0v) is 26.1. The van der Waals surface area contributed by atoms with Crippen LogP contribution in [-0.4, -0.2) is 55.2 Å². The van der Waals surface area contributed by atoms with Gasteiger partial charge in [0.25, 0.3) is 0 Å². The van der Waals surface area contributed by atoms with E-state index in [-0.39, 0.29) is 0 Å². The molecule has 0 rings (SSSR count). The van der Waals surface area contributed by atoms with Gasteiger partial charge in [-0.05, 0) is 48.4 Å². The lowest BCUT2D eigenvalue weighted by Crippen LogP contribution is -2.43. The van der Waals surface area contributed by atoms with Gasteiger partial charge in [0.05, 0.1) is 0 Å². The minimum atomic E-state index is -1.69. The summed E-state index contributed by atoms with van der Waals surface area (Å²) in [7, 11) is -8.65. The molecule has 0 aromatic rings. The van der Waals surface area contributed by atoms with Crippen molar-refractivity contribution in [1.82, 2.24) is 0 Å². The molecule has 0 saturated carbocycles. The first-order chi connectivity index (χ1) is 13.0. The molecule has 0 aromatic heterocycles. The van der Waals surface area contributed by atoms with E-state index in [2.05, 4.69) is 55.4 Å². The molecule has 11 heteroatoms. The lowest BCUT2D eigenvalue weighted by Gasteiger charge is -2.30. The number of hydrogen-bond donors (Lipinski definition) is 0. The highest BCUT2D eigenvalue weighted by Gasteiger charge is 2.28. The minimum Gasteiger partial charge on any atom is -0.441 e. The van der Waals surface area contributed by atoms with Gasteiger partial charge in [0, 0.05) is 0 Å². The zero-order chi connectivity index (χ0) is 20.7. The lowest BCUT2D eigenvalue weighted by molar-refractivity contribution is 0.323. The Morgan fingerprint density at radius 3 is 0.741 bits per heavy atom.